The van der Waals surface area contributed by atoms with Gasteiger partial charge in [-0.25, -0.2) is 13.4 Å². The van der Waals surface area contributed by atoms with Crippen molar-refractivity contribution in [2.75, 3.05) is 4.72 Å². The molecule has 0 aliphatic heterocycles. The monoisotopic (exact) mass is 293 g/mol. The van der Waals surface area contributed by atoms with Crippen molar-refractivity contribution in [2.45, 2.75) is 18.7 Å². The maximum Gasteiger partial charge on any atom is 0.263 e. The first-order valence-electron chi connectivity index (χ1n) is 5.38. The van der Waals surface area contributed by atoms with Crippen LogP contribution in [0.4, 0.5) is 5.13 Å². The van der Waals surface area contributed by atoms with Crippen molar-refractivity contribution in [3.8, 4) is 6.07 Å². The van der Waals surface area contributed by atoms with Gasteiger partial charge < -0.3 is 0 Å². The Balaban J connectivity index is 2.35. The minimum absolute atomic E-state index is 0.122. The van der Waals surface area contributed by atoms with E-state index >= 15 is 0 Å². The zero-order chi connectivity index (χ0) is 14.0. The molecule has 0 radical (unpaired) electrons. The Kier molecular flexibility index (Phi) is 3.55. The highest BCUT2D eigenvalue weighted by atomic mass is 32.2. The summed E-state index contributed by atoms with van der Waals surface area (Å²) >= 11 is 1.23. The number of nitrogens with zero attached hydrogens (tertiary/aromatic N) is 2. The molecule has 0 unspecified atom stereocenters. The van der Waals surface area contributed by atoms with Gasteiger partial charge in [-0.15, -0.1) is 11.3 Å². The number of nitriles is 1. The fourth-order valence-corrected chi connectivity index (χ4v) is 3.53. The molecule has 2 aromatic rings. The van der Waals surface area contributed by atoms with Gasteiger partial charge in [0.1, 0.15) is 0 Å². The van der Waals surface area contributed by atoms with E-state index in [1.54, 1.807) is 19.2 Å². The fourth-order valence-electron chi connectivity index (χ4n) is 1.50. The number of aromatic nitrogens is 1. The van der Waals surface area contributed by atoms with Crippen molar-refractivity contribution in [1.29, 1.82) is 5.26 Å². The second kappa shape index (κ2) is 4.99. The van der Waals surface area contributed by atoms with Crippen molar-refractivity contribution in [3.63, 3.8) is 0 Å². The summed E-state index contributed by atoms with van der Waals surface area (Å²) < 4.78 is 26.7. The van der Waals surface area contributed by atoms with Gasteiger partial charge in [0.25, 0.3) is 10.0 Å². The summed E-state index contributed by atoms with van der Waals surface area (Å²) in [5.74, 6) is 0. The predicted octanol–water partition coefficient (Wildman–Crippen LogP) is 2.43. The molecule has 7 heteroatoms. The van der Waals surface area contributed by atoms with Crippen molar-refractivity contribution in [2.24, 2.45) is 0 Å². The molecular formula is C12H11N3O2S2. The van der Waals surface area contributed by atoms with E-state index in [1.807, 2.05) is 6.07 Å². The molecule has 0 fully saturated rings. The highest BCUT2D eigenvalue weighted by molar-refractivity contribution is 7.93. The summed E-state index contributed by atoms with van der Waals surface area (Å²) in [6.45, 7) is 3.49. The maximum absolute atomic E-state index is 12.1. The normalized spacial score (nSPS) is 11.0. The third-order valence-electron chi connectivity index (χ3n) is 2.47. The highest BCUT2D eigenvalue weighted by Gasteiger charge is 2.16. The van der Waals surface area contributed by atoms with Crippen LogP contribution >= 0.6 is 11.3 Å². The highest BCUT2D eigenvalue weighted by Crippen LogP contribution is 2.21. The largest absolute Gasteiger partial charge is 0.263 e. The second-order valence-electron chi connectivity index (χ2n) is 3.99. The molecule has 0 atom stereocenters. The fraction of sp³-hybridized carbons (Fsp3) is 0.167. The number of anilines is 1. The standard InChI is InChI=1S/C12H11N3O2S2/c1-8-5-11(4-3-10(8)6-13)19(16,17)15-12-14-9(2)7-18-12/h3-5,7H,1-2H3,(H,14,15). The number of aryl methyl sites for hydroxylation is 2. The molecule has 19 heavy (non-hydrogen) atoms. The number of rotatable bonds is 3. The third-order valence-corrected chi connectivity index (χ3v) is 4.81. The van der Waals surface area contributed by atoms with E-state index in [0.29, 0.717) is 16.3 Å². The van der Waals surface area contributed by atoms with Crippen LogP contribution in [0.3, 0.4) is 0 Å². The van der Waals surface area contributed by atoms with Crippen LogP contribution < -0.4 is 4.72 Å². The molecule has 0 amide bonds. The van der Waals surface area contributed by atoms with Crippen molar-refractivity contribution in [3.05, 3.63) is 40.4 Å². The van der Waals surface area contributed by atoms with Gasteiger partial charge in [-0.3, -0.25) is 4.72 Å². The smallest absolute Gasteiger partial charge is 0.255 e. The van der Waals surface area contributed by atoms with E-state index in [4.69, 9.17) is 5.26 Å². The van der Waals surface area contributed by atoms with Gasteiger partial charge >= 0.3 is 0 Å². The van der Waals surface area contributed by atoms with Crippen molar-refractivity contribution < 1.29 is 8.42 Å². The number of hydrogen-bond donors (Lipinski definition) is 1. The molecule has 1 aromatic heterocycles. The lowest BCUT2D eigenvalue weighted by Gasteiger charge is -2.06. The first-order chi connectivity index (χ1) is 8.92. The number of nitrogens with one attached hydrogen (secondary N) is 1. The van der Waals surface area contributed by atoms with E-state index in [9.17, 15) is 8.42 Å². The topological polar surface area (TPSA) is 82.9 Å². The number of benzene rings is 1. The van der Waals surface area contributed by atoms with E-state index in [0.717, 1.165) is 5.69 Å². The van der Waals surface area contributed by atoms with E-state index in [1.165, 1.54) is 29.5 Å². The predicted molar refractivity (Wildman–Crippen MR) is 73.6 cm³/mol. The summed E-state index contributed by atoms with van der Waals surface area (Å²) in [4.78, 5) is 4.18. The molecule has 1 heterocycles. The van der Waals surface area contributed by atoms with Crippen molar-refractivity contribution in [1.82, 2.24) is 4.98 Å². The zero-order valence-electron chi connectivity index (χ0n) is 10.3. The quantitative estimate of drug-likeness (QED) is 0.942. The van der Waals surface area contributed by atoms with Crippen LogP contribution in [-0.2, 0) is 10.0 Å². The number of hydrogen-bond acceptors (Lipinski definition) is 5. The van der Waals surface area contributed by atoms with Crippen LogP contribution in [0.2, 0.25) is 0 Å². The Morgan fingerprint density at radius 2 is 2.11 bits per heavy atom. The van der Waals surface area contributed by atoms with Gasteiger partial charge in [0, 0.05) is 5.38 Å². The second-order valence-corrected chi connectivity index (χ2v) is 6.53. The molecule has 0 saturated carbocycles. The Bertz CT molecular complexity index is 758. The van der Waals surface area contributed by atoms with Gasteiger partial charge in [-0.1, -0.05) is 0 Å². The number of sulfonamides is 1. The van der Waals surface area contributed by atoms with E-state index in [2.05, 4.69) is 9.71 Å². The summed E-state index contributed by atoms with van der Waals surface area (Å²) in [6, 6.07) is 6.38. The van der Waals surface area contributed by atoms with Gasteiger partial charge in [-0.2, -0.15) is 5.26 Å². The van der Waals surface area contributed by atoms with Crippen LogP contribution in [0.5, 0.6) is 0 Å². The van der Waals surface area contributed by atoms with Gasteiger partial charge in [-0.05, 0) is 37.6 Å². The zero-order valence-corrected chi connectivity index (χ0v) is 12.0. The Labute approximate surface area is 115 Å². The first-order valence-corrected chi connectivity index (χ1v) is 7.74. The molecular weight excluding hydrogens is 282 g/mol. The lowest BCUT2D eigenvalue weighted by molar-refractivity contribution is 0.601. The minimum Gasteiger partial charge on any atom is -0.255 e. The lowest BCUT2D eigenvalue weighted by Crippen LogP contribution is -2.13. The first kappa shape index (κ1) is 13.5. The van der Waals surface area contributed by atoms with Gasteiger partial charge in [0.15, 0.2) is 5.13 Å². The van der Waals surface area contributed by atoms with E-state index < -0.39 is 10.0 Å². The summed E-state index contributed by atoms with van der Waals surface area (Å²) in [6.07, 6.45) is 0. The molecule has 5 nitrogen and oxygen atoms in total. The third kappa shape index (κ3) is 2.92. The van der Waals surface area contributed by atoms with Crippen LogP contribution in [0.25, 0.3) is 0 Å². The maximum atomic E-state index is 12.1. The Morgan fingerprint density at radius 3 is 2.63 bits per heavy atom. The summed E-state index contributed by atoms with van der Waals surface area (Å²) in [7, 11) is -3.66. The number of thiazole rings is 1. The Hall–Kier alpha value is -1.91. The SMILES string of the molecule is Cc1csc(NS(=O)(=O)c2ccc(C#N)c(C)c2)n1. The molecule has 1 N–H and O–H groups in total. The average Bonchev–Trinajstić information content (AvgIpc) is 2.73. The minimum atomic E-state index is -3.66. The van der Waals surface area contributed by atoms with Crippen LogP contribution in [0.15, 0.2) is 28.5 Å². The van der Waals surface area contributed by atoms with Gasteiger partial charge in [0.2, 0.25) is 0 Å². The van der Waals surface area contributed by atoms with Gasteiger partial charge in [0.05, 0.1) is 22.2 Å². The molecule has 0 aliphatic rings. The lowest BCUT2D eigenvalue weighted by atomic mass is 10.1. The van der Waals surface area contributed by atoms with Crippen LogP contribution in [-0.4, -0.2) is 13.4 Å². The van der Waals surface area contributed by atoms with E-state index in [-0.39, 0.29) is 4.90 Å². The Morgan fingerprint density at radius 1 is 1.37 bits per heavy atom. The average molecular weight is 293 g/mol. The molecule has 0 bridgehead atoms. The molecule has 1 aromatic carbocycles. The molecule has 2 rings (SSSR count). The van der Waals surface area contributed by atoms with Crippen molar-refractivity contribution >= 4 is 26.5 Å². The van der Waals surface area contributed by atoms with Crippen LogP contribution in [0.1, 0.15) is 16.8 Å². The van der Waals surface area contributed by atoms with Crippen LogP contribution in [0, 0.1) is 25.2 Å². The summed E-state index contributed by atoms with van der Waals surface area (Å²) in [5, 5.41) is 10.9. The molecule has 0 spiro atoms. The molecule has 0 saturated heterocycles. The molecule has 0 aliphatic carbocycles. The molecule has 98 valence electrons. The summed E-state index contributed by atoms with van der Waals surface area (Å²) in [5.41, 5.74) is 1.85.